The van der Waals surface area contributed by atoms with Crippen LogP contribution in [0.2, 0.25) is 0 Å². The van der Waals surface area contributed by atoms with Crippen molar-refractivity contribution in [1.29, 1.82) is 5.26 Å². The minimum atomic E-state index is -0.611. The number of nitriles is 1. The molecular weight excluding hydrogens is 340 g/mol. The number of hydrogen-bond acceptors (Lipinski definition) is 5. The summed E-state index contributed by atoms with van der Waals surface area (Å²) in [5.41, 5.74) is 0.693. The summed E-state index contributed by atoms with van der Waals surface area (Å²) in [7, 11) is 1.70. The summed E-state index contributed by atoms with van der Waals surface area (Å²) in [5.74, 6) is 3.00. The maximum atomic E-state index is 12.3. The molecule has 1 aliphatic heterocycles. The Hall–Kier alpha value is -1.32. The van der Waals surface area contributed by atoms with E-state index in [1.807, 2.05) is 35.7 Å². The van der Waals surface area contributed by atoms with Gasteiger partial charge in [-0.05, 0) is 54.9 Å². The molecule has 0 atom stereocenters. The number of benzene rings is 1. The summed E-state index contributed by atoms with van der Waals surface area (Å²) in [6.45, 7) is -0.0216. The van der Waals surface area contributed by atoms with E-state index in [4.69, 9.17) is 4.74 Å². The van der Waals surface area contributed by atoms with Gasteiger partial charge in [-0.15, -0.1) is 23.5 Å². The van der Waals surface area contributed by atoms with E-state index in [0.29, 0.717) is 10.3 Å². The summed E-state index contributed by atoms with van der Waals surface area (Å²) < 4.78 is 6.13. The zero-order chi connectivity index (χ0) is 17.0. The van der Waals surface area contributed by atoms with Gasteiger partial charge in [0.25, 0.3) is 5.91 Å². The number of amides is 1. The van der Waals surface area contributed by atoms with Crippen LogP contribution in [0, 0.1) is 11.3 Å². The van der Waals surface area contributed by atoms with Crippen LogP contribution in [0.1, 0.15) is 35.8 Å². The summed E-state index contributed by atoms with van der Waals surface area (Å²) in [6, 6.07) is 10.3. The van der Waals surface area contributed by atoms with Gasteiger partial charge < -0.3 is 9.64 Å². The lowest BCUT2D eigenvalue weighted by atomic mass is 9.77. The molecule has 1 heterocycles. The zero-order valence-electron chi connectivity index (χ0n) is 13.9. The average molecular weight is 363 g/mol. The van der Waals surface area contributed by atoms with Crippen molar-refractivity contribution in [3.05, 3.63) is 29.8 Å². The van der Waals surface area contributed by atoms with Crippen LogP contribution in [-0.2, 0) is 4.79 Å². The quantitative estimate of drug-likeness (QED) is 0.796. The molecule has 0 radical (unpaired) electrons. The standard InChI is InChI=1S/C18H22N2O2S2/c1-20(18(13-19)8-2-9-18)16(21)12-22-15-6-4-14(5-7-15)17-23-10-3-11-24-17/h4-7,17H,2-3,8-12H2,1H3. The van der Waals surface area contributed by atoms with Crippen LogP contribution in [-0.4, -0.2) is 41.5 Å². The number of hydrogen-bond donors (Lipinski definition) is 0. The summed E-state index contributed by atoms with van der Waals surface area (Å²) in [6.07, 6.45) is 3.81. The topological polar surface area (TPSA) is 53.3 Å². The van der Waals surface area contributed by atoms with Gasteiger partial charge in [0.15, 0.2) is 6.61 Å². The molecule has 1 aliphatic carbocycles. The van der Waals surface area contributed by atoms with Gasteiger partial charge in [0.2, 0.25) is 0 Å². The van der Waals surface area contributed by atoms with Gasteiger partial charge in [0.05, 0.1) is 10.7 Å². The second-order valence-corrected chi connectivity index (χ2v) is 8.96. The van der Waals surface area contributed by atoms with Gasteiger partial charge in [0.1, 0.15) is 11.3 Å². The molecule has 6 heteroatoms. The Morgan fingerprint density at radius 3 is 2.50 bits per heavy atom. The third kappa shape index (κ3) is 3.68. The Bertz CT molecular complexity index is 617. The highest BCUT2D eigenvalue weighted by Crippen LogP contribution is 2.43. The fourth-order valence-corrected chi connectivity index (χ4v) is 5.81. The van der Waals surface area contributed by atoms with Gasteiger partial charge in [-0.2, -0.15) is 5.26 Å². The molecule has 0 N–H and O–H groups in total. The van der Waals surface area contributed by atoms with E-state index in [1.54, 1.807) is 11.9 Å². The SMILES string of the molecule is CN(C(=O)COc1ccc(C2SCCCS2)cc1)C1(C#N)CCC1. The minimum absolute atomic E-state index is 0.0216. The first-order valence-electron chi connectivity index (χ1n) is 8.28. The molecular formula is C18H22N2O2S2. The molecule has 1 aromatic carbocycles. The molecule has 3 rings (SSSR count). The molecule has 0 unspecified atom stereocenters. The molecule has 4 nitrogen and oxygen atoms in total. The first kappa shape index (κ1) is 17.5. The average Bonchev–Trinajstić information content (AvgIpc) is 2.60. The lowest BCUT2D eigenvalue weighted by molar-refractivity contribution is -0.138. The van der Waals surface area contributed by atoms with Crippen LogP contribution in [0.4, 0.5) is 0 Å². The molecule has 1 aromatic rings. The van der Waals surface area contributed by atoms with Crippen molar-refractivity contribution < 1.29 is 9.53 Å². The monoisotopic (exact) mass is 362 g/mol. The first-order valence-corrected chi connectivity index (χ1v) is 10.4. The van der Waals surface area contributed by atoms with E-state index in [2.05, 4.69) is 18.2 Å². The highest BCUT2D eigenvalue weighted by molar-refractivity contribution is 8.16. The third-order valence-corrected chi connectivity index (χ3v) is 7.76. The smallest absolute Gasteiger partial charge is 0.261 e. The van der Waals surface area contributed by atoms with Gasteiger partial charge in [-0.1, -0.05) is 12.1 Å². The Morgan fingerprint density at radius 1 is 1.29 bits per heavy atom. The number of carbonyl (C=O) groups excluding carboxylic acids is 1. The van der Waals surface area contributed by atoms with E-state index in [0.717, 1.165) is 19.3 Å². The number of ether oxygens (including phenoxy) is 1. The predicted molar refractivity (Wildman–Crippen MR) is 99.2 cm³/mol. The van der Waals surface area contributed by atoms with Crippen molar-refractivity contribution in [2.45, 2.75) is 35.8 Å². The number of nitrogens with zero attached hydrogens (tertiary/aromatic N) is 2. The Balaban J connectivity index is 1.53. The van der Waals surface area contributed by atoms with Crippen molar-refractivity contribution in [3.63, 3.8) is 0 Å². The Morgan fingerprint density at radius 2 is 1.96 bits per heavy atom. The molecule has 2 fully saturated rings. The largest absolute Gasteiger partial charge is 0.484 e. The van der Waals surface area contributed by atoms with Crippen molar-refractivity contribution in [2.24, 2.45) is 0 Å². The Labute approximate surface area is 151 Å². The van der Waals surface area contributed by atoms with Crippen LogP contribution in [0.3, 0.4) is 0 Å². The van der Waals surface area contributed by atoms with E-state index in [-0.39, 0.29) is 12.5 Å². The molecule has 2 aliphatic rings. The molecule has 1 amide bonds. The number of carbonyl (C=O) groups is 1. The zero-order valence-corrected chi connectivity index (χ0v) is 15.5. The van der Waals surface area contributed by atoms with E-state index < -0.39 is 5.54 Å². The third-order valence-electron chi connectivity index (χ3n) is 4.75. The van der Waals surface area contributed by atoms with Gasteiger partial charge in [0, 0.05) is 7.05 Å². The molecule has 1 saturated heterocycles. The molecule has 0 aromatic heterocycles. The van der Waals surface area contributed by atoms with Crippen LogP contribution in [0.25, 0.3) is 0 Å². The molecule has 128 valence electrons. The molecule has 0 spiro atoms. The maximum Gasteiger partial charge on any atom is 0.261 e. The lowest BCUT2D eigenvalue weighted by Crippen LogP contribution is -2.54. The first-order chi connectivity index (χ1) is 11.6. The second-order valence-electron chi connectivity index (χ2n) is 6.23. The van der Waals surface area contributed by atoms with Crippen molar-refractivity contribution >= 4 is 29.4 Å². The Kier molecular flexibility index (Phi) is 5.62. The summed E-state index contributed by atoms with van der Waals surface area (Å²) in [5, 5.41) is 9.31. The highest BCUT2D eigenvalue weighted by Gasteiger charge is 2.43. The number of thioether (sulfide) groups is 2. The highest BCUT2D eigenvalue weighted by atomic mass is 32.2. The fraction of sp³-hybridized carbons (Fsp3) is 0.556. The van der Waals surface area contributed by atoms with Crippen LogP contribution in [0.15, 0.2) is 24.3 Å². The lowest BCUT2D eigenvalue weighted by Gasteiger charge is -2.42. The van der Waals surface area contributed by atoms with Crippen molar-refractivity contribution in [3.8, 4) is 11.8 Å². The van der Waals surface area contributed by atoms with Gasteiger partial charge in [-0.3, -0.25) is 4.79 Å². The van der Waals surface area contributed by atoms with E-state index >= 15 is 0 Å². The molecule has 1 saturated carbocycles. The summed E-state index contributed by atoms with van der Waals surface area (Å²) in [4.78, 5) is 13.8. The summed E-state index contributed by atoms with van der Waals surface area (Å²) >= 11 is 3.98. The maximum absolute atomic E-state index is 12.3. The van der Waals surface area contributed by atoms with Gasteiger partial charge >= 0.3 is 0 Å². The number of rotatable bonds is 5. The van der Waals surface area contributed by atoms with E-state index in [1.165, 1.54) is 23.5 Å². The minimum Gasteiger partial charge on any atom is -0.484 e. The molecule has 24 heavy (non-hydrogen) atoms. The van der Waals surface area contributed by atoms with Crippen LogP contribution in [0.5, 0.6) is 5.75 Å². The fourth-order valence-electron chi connectivity index (χ4n) is 2.92. The van der Waals surface area contributed by atoms with Crippen LogP contribution >= 0.6 is 23.5 Å². The predicted octanol–water partition coefficient (Wildman–Crippen LogP) is 3.84. The van der Waals surface area contributed by atoms with Crippen molar-refractivity contribution in [2.75, 3.05) is 25.2 Å². The number of likely N-dealkylation sites (N-methyl/N-ethyl adjacent to an activating group) is 1. The normalized spacial score (nSPS) is 19.8. The van der Waals surface area contributed by atoms with Gasteiger partial charge in [-0.25, -0.2) is 0 Å². The molecule has 0 bridgehead atoms. The van der Waals surface area contributed by atoms with E-state index in [9.17, 15) is 10.1 Å². The second kappa shape index (κ2) is 7.71. The van der Waals surface area contributed by atoms with Crippen LogP contribution < -0.4 is 4.74 Å². The van der Waals surface area contributed by atoms with Crippen molar-refractivity contribution in [1.82, 2.24) is 4.90 Å².